The molecule has 0 aliphatic heterocycles. The van der Waals surface area contributed by atoms with Gasteiger partial charge in [0, 0.05) is 4.90 Å². The van der Waals surface area contributed by atoms with Gasteiger partial charge in [0.05, 0.1) is 10.6 Å². The van der Waals surface area contributed by atoms with E-state index in [-0.39, 0.29) is 34.5 Å². The summed E-state index contributed by atoms with van der Waals surface area (Å²) < 4.78 is 57.1. The van der Waals surface area contributed by atoms with Crippen molar-refractivity contribution in [1.82, 2.24) is 0 Å². The van der Waals surface area contributed by atoms with E-state index in [0.717, 1.165) is 6.07 Å². The number of benzene rings is 1. The molecule has 15 heavy (non-hydrogen) atoms. The minimum atomic E-state index is -4.52. The second kappa shape index (κ2) is 5.65. The maximum absolute atomic E-state index is 12.1. The fourth-order valence-corrected chi connectivity index (χ4v) is 1.58. The third-order valence-corrected chi connectivity index (χ3v) is 2.58. The molecule has 0 bridgehead atoms. The molecule has 0 N–H and O–H groups in total. The molecule has 2 nitrogen and oxygen atoms in total. The van der Waals surface area contributed by atoms with E-state index in [4.69, 9.17) is 11.6 Å². The molecule has 1 aromatic rings. The van der Waals surface area contributed by atoms with Crippen molar-refractivity contribution in [3.8, 4) is 0 Å². The molecule has 0 saturated heterocycles. The molecule has 1 unspecified atom stereocenters. The van der Waals surface area contributed by atoms with Crippen molar-refractivity contribution in [2.45, 2.75) is 11.1 Å². The summed E-state index contributed by atoms with van der Waals surface area (Å²) in [7, 11) is 0. The summed E-state index contributed by atoms with van der Waals surface area (Å²) in [5.41, 5.74) is -0.975. The molecular formula is C7H3ClF3NaO2S. The first-order chi connectivity index (χ1) is 6.32. The summed E-state index contributed by atoms with van der Waals surface area (Å²) >= 11 is 2.71. The Bertz CT molecular complexity index is 383. The van der Waals surface area contributed by atoms with Crippen molar-refractivity contribution in [3.63, 3.8) is 0 Å². The molecule has 0 aromatic heterocycles. The Kier molecular flexibility index (Phi) is 5.81. The van der Waals surface area contributed by atoms with Gasteiger partial charge in [0.1, 0.15) is 0 Å². The van der Waals surface area contributed by atoms with E-state index >= 15 is 0 Å². The van der Waals surface area contributed by atoms with Crippen LogP contribution in [-0.2, 0) is 17.3 Å². The van der Waals surface area contributed by atoms with E-state index in [1.165, 1.54) is 0 Å². The van der Waals surface area contributed by atoms with E-state index in [1.54, 1.807) is 0 Å². The zero-order valence-corrected chi connectivity index (χ0v) is 11.0. The number of halogens is 4. The maximum atomic E-state index is 12.1. The summed E-state index contributed by atoms with van der Waals surface area (Å²) in [6, 6.07) is 2.05. The second-order valence-electron chi connectivity index (χ2n) is 2.38. The molecule has 1 atom stereocenters. The van der Waals surface area contributed by atoms with Gasteiger partial charge in [-0.1, -0.05) is 11.6 Å². The zero-order valence-electron chi connectivity index (χ0n) is 7.47. The van der Waals surface area contributed by atoms with E-state index in [1.807, 2.05) is 0 Å². The van der Waals surface area contributed by atoms with Gasteiger partial charge in [0.25, 0.3) is 0 Å². The largest absolute Gasteiger partial charge is 1.00 e. The second-order valence-corrected chi connectivity index (χ2v) is 3.69. The van der Waals surface area contributed by atoms with Gasteiger partial charge in [-0.15, -0.1) is 0 Å². The van der Waals surface area contributed by atoms with Crippen molar-refractivity contribution in [2.24, 2.45) is 0 Å². The van der Waals surface area contributed by atoms with Crippen molar-refractivity contribution in [3.05, 3.63) is 28.8 Å². The Balaban J connectivity index is 0.00000196. The summed E-state index contributed by atoms with van der Waals surface area (Å²) in [5, 5.41) is -0.437. The van der Waals surface area contributed by atoms with Crippen molar-refractivity contribution < 1.29 is 51.5 Å². The van der Waals surface area contributed by atoms with Gasteiger partial charge in [-0.2, -0.15) is 13.2 Å². The third-order valence-electron chi connectivity index (χ3n) is 1.44. The van der Waals surface area contributed by atoms with E-state index in [9.17, 15) is 21.9 Å². The van der Waals surface area contributed by atoms with E-state index in [2.05, 4.69) is 0 Å². The molecule has 1 aromatic carbocycles. The minimum absolute atomic E-state index is 0. The van der Waals surface area contributed by atoms with Crippen LogP contribution in [0.4, 0.5) is 13.2 Å². The normalized spacial score (nSPS) is 13.1. The zero-order chi connectivity index (χ0) is 10.9. The number of rotatable bonds is 1. The van der Waals surface area contributed by atoms with Crippen LogP contribution in [0.15, 0.2) is 23.1 Å². The fourth-order valence-electron chi connectivity index (χ4n) is 0.812. The Hall–Kier alpha value is 0.410. The molecular weight excluding hydrogens is 264 g/mol. The van der Waals surface area contributed by atoms with Crippen LogP contribution in [0.2, 0.25) is 5.02 Å². The Labute approximate surface area is 113 Å². The van der Waals surface area contributed by atoms with Crippen molar-refractivity contribution in [2.75, 3.05) is 0 Å². The average Bonchev–Trinajstić information content (AvgIpc) is 2.01. The predicted octanol–water partition coefficient (Wildman–Crippen LogP) is -0.399. The van der Waals surface area contributed by atoms with Gasteiger partial charge in [-0.25, -0.2) is 0 Å². The third kappa shape index (κ3) is 4.05. The SMILES string of the molecule is O=S([O-])c1ccc(C(F)(F)F)cc1Cl.[Na+]. The van der Waals surface area contributed by atoms with Gasteiger partial charge >= 0.3 is 35.7 Å². The summed E-state index contributed by atoms with van der Waals surface area (Å²) in [4.78, 5) is -0.348. The number of hydrogen-bond donors (Lipinski definition) is 0. The molecule has 0 saturated carbocycles. The molecule has 0 aliphatic carbocycles. The van der Waals surface area contributed by atoms with Crippen LogP contribution in [-0.4, -0.2) is 8.76 Å². The van der Waals surface area contributed by atoms with Gasteiger partial charge in [-0.05, 0) is 29.3 Å². The maximum Gasteiger partial charge on any atom is 1.00 e. The Morgan fingerprint density at radius 2 is 1.87 bits per heavy atom. The molecule has 1 rings (SSSR count). The first-order valence-electron chi connectivity index (χ1n) is 3.28. The van der Waals surface area contributed by atoms with Crippen LogP contribution in [0.25, 0.3) is 0 Å². The summed E-state index contributed by atoms with van der Waals surface area (Å²) in [6.45, 7) is 0. The quantitative estimate of drug-likeness (QED) is 0.513. The molecule has 0 amide bonds. The van der Waals surface area contributed by atoms with Crippen LogP contribution in [0.1, 0.15) is 5.56 Å². The Morgan fingerprint density at radius 1 is 1.33 bits per heavy atom. The molecule has 0 spiro atoms. The van der Waals surface area contributed by atoms with E-state index < -0.39 is 27.8 Å². The molecule has 8 heteroatoms. The predicted molar refractivity (Wildman–Crippen MR) is 43.6 cm³/mol. The smallest absolute Gasteiger partial charge is 0.768 e. The monoisotopic (exact) mass is 266 g/mol. The van der Waals surface area contributed by atoms with Gasteiger partial charge in [-0.3, -0.25) is 4.21 Å². The first-order valence-corrected chi connectivity index (χ1v) is 4.73. The summed E-state index contributed by atoms with van der Waals surface area (Å²) in [6.07, 6.45) is -4.52. The first kappa shape index (κ1) is 15.4. The van der Waals surface area contributed by atoms with Crippen LogP contribution in [0.5, 0.6) is 0 Å². The summed E-state index contributed by atoms with van der Waals surface area (Å²) in [5.74, 6) is 0. The average molecular weight is 267 g/mol. The molecule has 0 fully saturated rings. The van der Waals surface area contributed by atoms with Crippen LogP contribution in [0, 0.1) is 0 Å². The molecule has 0 aliphatic rings. The van der Waals surface area contributed by atoms with Crippen molar-refractivity contribution >= 4 is 22.7 Å². The van der Waals surface area contributed by atoms with Gasteiger partial charge < -0.3 is 4.55 Å². The van der Waals surface area contributed by atoms with Crippen molar-refractivity contribution in [1.29, 1.82) is 0 Å². The van der Waals surface area contributed by atoms with Crippen LogP contribution < -0.4 is 29.6 Å². The number of alkyl halides is 3. The fraction of sp³-hybridized carbons (Fsp3) is 0.143. The van der Waals surface area contributed by atoms with Crippen LogP contribution >= 0.6 is 11.6 Å². The topological polar surface area (TPSA) is 40.1 Å². The van der Waals surface area contributed by atoms with E-state index in [0.29, 0.717) is 12.1 Å². The minimum Gasteiger partial charge on any atom is -0.768 e. The standard InChI is InChI=1S/C7H4ClF3O2S.Na/c8-5-3-4(7(9,10)11)1-2-6(5)14(12)13;/h1-3H,(H,12,13);/q;+1/p-1. The molecule has 0 heterocycles. The number of hydrogen-bond acceptors (Lipinski definition) is 2. The molecule has 0 radical (unpaired) electrons. The Morgan fingerprint density at radius 3 is 2.20 bits per heavy atom. The molecule has 78 valence electrons. The van der Waals surface area contributed by atoms with Gasteiger partial charge in [0.15, 0.2) is 0 Å². The van der Waals surface area contributed by atoms with Gasteiger partial charge in [0.2, 0.25) is 0 Å². The van der Waals surface area contributed by atoms with Crippen LogP contribution in [0.3, 0.4) is 0 Å².